The number of nitrogens with one attached hydrogen (secondary N) is 3. The topological polar surface area (TPSA) is 314 Å². The van der Waals surface area contributed by atoms with Crippen molar-refractivity contribution in [3.05, 3.63) is 29.8 Å². The van der Waals surface area contributed by atoms with Crippen molar-refractivity contribution in [2.45, 2.75) is 208 Å². The van der Waals surface area contributed by atoms with Crippen LogP contribution in [-0.2, 0) is 63.1 Å². The summed E-state index contributed by atoms with van der Waals surface area (Å²) in [6.45, 7) is 25.1. The van der Waals surface area contributed by atoms with E-state index in [1.54, 1.807) is 107 Å². The van der Waals surface area contributed by atoms with E-state index in [4.69, 9.17) is 0 Å². The van der Waals surface area contributed by atoms with E-state index in [1.165, 1.54) is 102 Å². The van der Waals surface area contributed by atoms with Gasteiger partial charge in [-0.05, 0) is 61.3 Å². The van der Waals surface area contributed by atoms with Gasteiger partial charge in [-0.3, -0.25) is 57.5 Å². The zero-order chi connectivity index (χ0) is 73.6. The molecule has 0 aromatic heterocycles. The molecule has 3 heterocycles. The number of carbonyl (C=O) groups excluding carboxylic acids is 12. The van der Waals surface area contributed by atoms with Gasteiger partial charge < -0.3 is 75.2 Å². The van der Waals surface area contributed by atoms with Crippen LogP contribution >= 0.6 is 0 Å². The van der Waals surface area contributed by atoms with Crippen LogP contribution < -0.4 is 16.0 Å². The van der Waals surface area contributed by atoms with E-state index in [0.717, 1.165) is 24.5 Å². The lowest BCUT2D eigenvalue weighted by molar-refractivity contribution is -0.160. The van der Waals surface area contributed by atoms with E-state index in [1.807, 2.05) is 13.8 Å². The van der Waals surface area contributed by atoms with E-state index in [9.17, 15) is 39.0 Å². The van der Waals surface area contributed by atoms with Crippen molar-refractivity contribution in [2.24, 2.45) is 41.4 Å². The van der Waals surface area contributed by atoms with Crippen LogP contribution in [0.15, 0.2) is 24.3 Å². The second-order valence-corrected chi connectivity index (χ2v) is 29.3. The number of hydrogen-bond acceptors (Lipinski definition) is 15. The van der Waals surface area contributed by atoms with E-state index in [0.29, 0.717) is 30.5 Å². The Balaban J connectivity index is 1.94. The third kappa shape index (κ3) is 17.1. The number of hydrogen-bond donors (Lipinski definition) is 5. The van der Waals surface area contributed by atoms with Gasteiger partial charge in [-0.2, -0.15) is 0 Å². The third-order valence-electron chi connectivity index (χ3n) is 20.2. The van der Waals surface area contributed by atoms with Gasteiger partial charge in [-0.25, -0.2) is 0 Å². The SMILES string of the molecule is CCC(C)[C@@H]1NC(=O)[C@H](C(C)C)N(C)C(=O)[C@@H]2C[C@@]3(O)c4ccccc4N[C@H]3N2C(=O)CN(C)C(=O)[C@H]([C@@H](C)CC)N(C)C(=O)[C@H](C(C)C)NC(=O)CN(C)C(=O)[C@H]([C@@H](C)CC)N(C)C(=O)[C@H](C(C)(C)O)N(C)C(=O)CN(C)C(=O)[C@H](C(C)C)N(C)C(=O)[C@H](C(C)C)N(C)C1=O. The maximum absolute atomic E-state index is 15.4. The predicted octanol–water partition coefficient (Wildman–Crippen LogP) is 2.08. The molecule has 4 rings (SSSR count). The van der Waals surface area contributed by atoms with Crippen molar-refractivity contribution in [1.29, 1.82) is 0 Å². The minimum atomic E-state index is -1.95. The number of para-hydroxylation sites is 1. The molecule has 3 aliphatic heterocycles. The number of fused-ring (bicyclic) bond motifs is 5. The highest BCUT2D eigenvalue weighted by Gasteiger charge is 2.61. The van der Waals surface area contributed by atoms with Crippen LogP contribution in [0.5, 0.6) is 0 Å². The van der Waals surface area contributed by atoms with Gasteiger partial charge in [-0.1, -0.05) is 134 Å². The summed E-state index contributed by atoms with van der Waals surface area (Å²) in [6, 6.07) is -4.93. The number of likely N-dealkylation sites (N-methyl/N-ethyl adjacent to an activating group) is 9. The predicted molar refractivity (Wildman–Crippen MR) is 363 cm³/mol. The highest BCUT2D eigenvalue weighted by molar-refractivity contribution is 6.00. The van der Waals surface area contributed by atoms with E-state index in [-0.39, 0.29) is 6.42 Å². The molecule has 27 nitrogen and oxygen atoms in total. The summed E-state index contributed by atoms with van der Waals surface area (Å²) in [4.78, 5) is 190. The molecule has 3 aliphatic rings. The fraction of sp³-hybridized carbons (Fsp3) is 0.739. The smallest absolute Gasteiger partial charge is 0.248 e. The Bertz CT molecular complexity index is 3030. The Kier molecular flexibility index (Phi) is 27.6. The van der Waals surface area contributed by atoms with Crippen molar-refractivity contribution >= 4 is 76.6 Å². The second kappa shape index (κ2) is 32.8. The molecule has 5 N–H and O–H groups in total. The molecule has 27 heteroatoms. The Labute approximate surface area is 569 Å². The van der Waals surface area contributed by atoms with Crippen LogP contribution in [0.1, 0.15) is 142 Å². The van der Waals surface area contributed by atoms with E-state index >= 15 is 28.8 Å². The fourth-order valence-electron chi connectivity index (χ4n) is 14.0. The Morgan fingerprint density at radius 2 is 0.865 bits per heavy atom. The molecule has 540 valence electrons. The molecule has 2 saturated heterocycles. The van der Waals surface area contributed by atoms with Gasteiger partial charge >= 0.3 is 0 Å². The normalized spacial score (nSPS) is 28.5. The van der Waals surface area contributed by atoms with Crippen molar-refractivity contribution in [2.75, 3.05) is 88.4 Å². The summed E-state index contributed by atoms with van der Waals surface area (Å²) < 4.78 is 0. The molecule has 1 aromatic carbocycles. The minimum Gasteiger partial charge on any atom is -0.388 e. The Hall–Kier alpha value is -7.42. The molecule has 2 fully saturated rings. The quantitative estimate of drug-likeness (QED) is 0.212. The van der Waals surface area contributed by atoms with Crippen molar-refractivity contribution in [1.82, 2.24) is 59.6 Å². The number of nitrogens with zero attached hydrogens (tertiary/aromatic N) is 10. The monoisotopic (exact) mass is 1350 g/mol. The van der Waals surface area contributed by atoms with Gasteiger partial charge in [-0.15, -0.1) is 0 Å². The van der Waals surface area contributed by atoms with Crippen LogP contribution in [0, 0.1) is 41.4 Å². The average molecular weight is 1350 g/mol. The van der Waals surface area contributed by atoms with Crippen LogP contribution in [0.3, 0.4) is 0 Å². The first kappa shape index (κ1) is 81.0. The van der Waals surface area contributed by atoms with Gasteiger partial charge in [0.15, 0.2) is 0 Å². The largest absolute Gasteiger partial charge is 0.388 e. The number of anilines is 1. The average Bonchev–Trinajstić information content (AvgIpc) is 1.55. The molecule has 0 aliphatic carbocycles. The zero-order valence-electron chi connectivity index (χ0n) is 61.8. The third-order valence-corrected chi connectivity index (χ3v) is 20.2. The molecule has 1 unspecified atom stereocenters. The molecule has 0 spiro atoms. The summed E-state index contributed by atoms with van der Waals surface area (Å²) in [5, 5.41) is 33.4. The van der Waals surface area contributed by atoms with Gasteiger partial charge in [0.25, 0.3) is 0 Å². The molecule has 14 atom stereocenters. The molecule has 0 bridgehead atoms. The Morgan fingerprint density at radius 3 is 1.33 bits per heavy atom. The number of rotatable bonds is 11. The fourth-order valence-corrected chi connectivity index (χ4v) is 14.0. The maximum Gasteiger partial charge on any atom is 0.248 e. The zero-order valence-corrected chi connectivity index (χ0v) is 61.8. The van der Waals surface area contributed by atoms with Gasteiger partial charge in [0.1, 0.15) is 66.1 Å². The van der Waals surface area contributed by atoms with Crippen LogP contribution in [0.2, 0.25) is 0 Å². The summed E-state index contributed by atoms with van der Waals surface area (Å²) in [5.41, 5.74) is -2.88. The molecular weight excluding hydrogens is 1230 g/mol. The summed E-state index contributed by atoms with van der Waals surface area (Å²) in [5.74, 6) is -12.5. The van der Waals surface area contributed by atoms with Crippen LogP contribution in [0.25, 0.3) is 0 Å². The van der Waals surface area contributed by atoms with Crippen LogP contribution in [0.4, 0.5) is 5.69 Å². The van der Waals surface area contributed by atoms with Crippen molar-refractivity contribution in [3.63, 3.8) is 0 Å². The van der Waals surface area contributed by atoms with Gasteiger partial charge in [0, 0.05) is 81.1 Å². The van der Waals surface area contributed by atoms with Crippen molar-refractivity contribution < 1.29 is 67.7 Å². The first-order valence-electron chi connectivity index (χ1n) is 33.9. The molecule has 1 aromatic rings. The molecule has 12 amide bonds. The maximum atomic E-state index is 15.4. The highest BCUT2D eigenvalue weighted by Crippen LogP contribution is 2.50. The second-order valence-electron chi connectivity index (χ2n) is 29.3. The van der Waals surface area contributed by atoms with E-state index in [2.05, 4.69) is 16.0 Å². The van der Waals surface area contributed by atoms with Gasteiger partial charge in [0.2, 0.25) is 70.9 Å². The number of benzene rings is 1. The standard InChI is InChI=1S/C69H115N13O14/c1-26-41(12)51-61(89)78(22)54(40(10)11)65(93)79(23)53(39(8)9)62(90)74(18)35-48(84)76(20)57(68(15,16)95)66(94)81(25)56(43(14)28-3)63(91)73(17)34-47(83)71-50(37(4)5)60(88)80(24)55(42(13)27-2)64(92)75(19)36-49(85)82-46(59(87)77(21)52(38(6)7)58(86)72-51)33-69(96)44-31-29-30-32-45(44)70-67(69)82/h29-32,37-43,46,50-57,67,70,95-96H,26-28,33-36H2,1-25H3,(H,71,83)(H,72,86)/t41?,42-,43-,46-,50-,51-,52-,53-,54-,55-,56-,57+,67-,69+/m0/s1. The Morgan fingerprint density at radius 1 is 0.458 bits per heavy atom. The highest BCUT2D eigenvalue weighted by atomic mass is 16.3. The number of aliphatic hydroxyl groups is 2. The van der Waals surface area contributed by atoms with Crippen LogP contribution in [-0.4, -0.2) is 279 Å². The summed E-state index contributed by atoms with van der Waals surface area (Å²) >= 11 is 0. The lowest BCUT2D eigenvalue weighted by Gasteiger charge is -2.42. The number of carbonyl (C=O) groups is 12. The van der Waals surface area contributed by atoms with E-state index < -0.39 is 204 Å². The lowest BCUT2D eigenvalue weighted by atomic mass is 9.90. The molecule has 0 radical (unpaired) electrons. The summed E-state index contributed by atoms with van der Waals surface area (Å²) in [7, 11) is 12.4. The first-order chi connectivity index (χ1) is 44.3. The van der Waals surface area contributed by atoms with Gasteiger partial charge in [0.05, 0.1) is 25.2 Å². The molecule has 96 heavy (non-hydrogen) atoms. The summed E-state index contributed by atoms with van der Waals surface area (Å²) in [6.07, 6.45) is -0.450. The first-order valence-corrected chi connectivity index (χ1v) is 33.9. The minimum absolute atomic E-state index is 0.328. The molecular formula is C69H115N13O14. The lowest BCUT2D eigenvalue weighted by Crippen LogP contribution is -2.64. The number of amides is 12. The molecule has 0 saturated carbocycles. The van der Waals surface area contributed by atoms with Crippen molar-refractivity contribution in [3.8, 4) is 0 Å².